The predicted octanol–water partition coefficient (Wildman–Crippen LogP) is 3.97. The number of esters is 1. The van der Waals surface area contributed by atoms with Crippen molar-refractivity contribution in [2.24, 2.45) is 0 Å². The average Bonchev–Trinajstić information content (AvgIpc) is 2.46. The van der Waals surface area contributed by atoms with Gasteiger partial charge in [-0.2, -0.15) is 0 Å². The number of ether oxygens (including phenoxy) is 1. The molecule has 0 aliphatic carbocycles. The molecular weight excluding hydrogens is 236 g/mol. The van der Waals surface area contributed by atoms with Crippen LogP contribution in [0.1, 0.15) is 12.5 Å². The molecule has 96 valence electrons. The zero-order valence-corrected chi connectivity index (χ0v) is 10.9. The van der Waals surface area contributed by atoms with Gasteiger partial charge in [-0.25, -0.2) is 4.79 Å². The Bertz CT molecular complexity index is 585. The standard InChI is InChI=1S/C17H16O2/c1-13(2)17(18)19-12-14-7-6-10-16(11-14)15-8-4-3-5-9-15/h3-11H,1,12H2,2H3. The summed E-state index contributed by atoms with van der Waals surface area (Å²) in [4.78, 5) is 11.3. The highest BCUT2D eigenvalue weighted by atomic mass is 16.5. The molecule has 2 heteroatoms. The zero-order chi connectivity index (χ0) is 13.7. The van der Waals surface area contributed by atoms with Crippen LogP contribution in [0.5, 0.6) is 0 Å². The van der Waals surface area contributed by atoms with Gasteiger partial charge in [-0.3, -0.25) is 0 Å². The van der Waals surface area contributed by atoms with Gasteiger partial charge < -0.3 is 4.74 Å². The summed E-state index contributed by atoms with van der Waals surface area (Å²) in [7, 11) is 0. The molecule has 0 aliphatic heterocycles. The van der Waals surface area contributed by atoms with E-state index in [0.717, 1.165) is 16.7 Å². The number of hydrogen-bond acceptors (Lipinski definition) is 2. The minimum Gasteiger partial charge on any atom is -0.457 e. The van der Waals surface area contributed by atoms with Crippen molar-refractivity contribution in [1.29, 1.82) is 0 Å². The van der Waals surface area contributed by atoms with E-state index >= 15 is 0 Å². The van der Waals surface area contributed by atoms with Gasteiger partial charge in [0.2, 0.25) is 0 Å². The van der Waals surface area contributed by atoms with E-state index in [1.54, 1.807) is 6.92 Å². The van der Waals surface area contributed by atoms with E-state index in [2.05, 4.69) is 18.7 Å². The van der Waals surface area contributed by atoms with E-state index in [0.29, 0.717) is 5.57 Å². The lowest BCUT2D eigenvalue weighted by Crippen LogP contribution is -2.04. The van der Waals surface area contributed by atoms with Gasteiger partial charge in [0.15, 0.2) is 0 Å². The third-order valence-electron chi connectivity index (χ3n) is 2.75. The summed E-state index contributed by atoms with van der Waals surface area (Å²) in [5.74, 6) is -0.356. The van der Waals surface area contributed by atoms with Gasteiger partial charge in [-0.05, 0) is 29.7 Å². The maximum Gasteiger partial charge on any atom is 0.333 e. The van der Waals surface area contributed by atoms with E-state index in [4.69, 9.17) is 4.74 Å². The molecule has 19 heavy (non-hydrogen) atoms. The molecule has 0 aromatic heterocycles. The van der Waals surface area contributed by atoms with Gasteiger partial charge in [0, 0.05) is 5.57 Å². The second-order valence-corrected chi connectivity index (χ2v) is 4.42. The SMILES string of the molecule is C=C(C)C(=O)OCc1cccc(-c2ccccc2)c1. The molecule has 0 N–H and O–H groups in total. The summed E-state index contributed by atoms with van der Waals surface area (Å²) < 4.78 is 5.14. The maximum absolute atomic E-state index is 11.3. The molecule has 2 rings (SSSR count). The first-order valence-corrected chi connectivity index (χ1v) is 6.14. The number of benzene rings is 2. The molecule has 0 radical (unpaired) electrons. The van der Waals surface area contributed by atoms with E-state index in [1.165, 1.54) is 0 Å². The molecule has 2 aromatic carbocycles. The van der Waals surface area contributed by atoms with Crippen LogP contribution in [0, 0.1) is 0 Å². The molecule has 0 aliphatic rings. The van der Waals surface area contributed by atoms with Crippen molar-refractivity contribution in [3.63, 3.8) is 0 Å². The fourth-order valence-corrected chi connectivity index (χ4v) is 1.74. The maximum atomic E-state index is 11.3. The second-order valence-electron chi connectivity index (χ2n) is 4.42. The van der Waals surface area contributed by atoms with Crippen LogP contribution in [-0.2, 0) is 16.1 Å². The zero-order valence-electron chi connectivity index (χ0n) is 10.9. The molecule has 2 nitrogen and oxygen atoms in total. The Morgan fingerprint density at radius 3 is 2.42 bits per heavy atom. The van der Waals surface area contributed by atoms with Crippen molar-refractivity contribution in [1.82, 2.24) is 0 Å². The quantitative estimate of drug-likeness (QED) is 0.608. The minimum absolute atomic E-state index is 0.270. The Kier molecular flexibility index (Phi) is 4.14. The Labute approximate surface area is 113 Å². The molecule has 0 fully saturated rings. The van der Waals surface area contributed by atoms with Crippen LogP contribution in [0.2, 0.25) is 0 Å². The van der Waals surface area contributed by atoms with Crippen molar-refractivity contribution in [3.05, 3.63) is 72.3 Å². The summed E-state index contributed by atoms with van der Waals surface area (Å²) in [5.41, 5.74) is 3.65. The summed E-state index contributed by atoms with van der Waals surface area (Å²) in [5, 5.41) is 0. The molecule has 0 spiro atoms. The number of hydrogen-bond donors (Lipinski definition) is 0. The molecular formula is C17H16O2. The summed E-state index contributed by atoms with van der Waals surface area (Å²) in [6.45, 7) is 5.47. The summed E-state index contributed by atoms with van der Waals surface area (Å²) in [6, 6.07) is 18.1. The van der Waals surface area contributed by atoms with Crippen LogP contribution in [0.25, 0.3) is 11.1 Å². The van der Waals surface area contributed by atoms with Gasteiger partial charge in [0.25, 0.3) is 0 Å². The van der Waals surface area contributed by atoms with Crippen LogP contribution in [-0.4, -0.2) is 5.97 Å². The smallest absolute Gasteiger partial charge is 0.333 e. The van der Waals surface area contributed by atoms with E-state index in [1.807, 2.05) is 42.5 Å². The van der Waals surface area contributed by atoms with Gasteiger partial charge in [0.05, 0.1) is 0 Å². The fraction of sp³-hybridized carbons (Fsp3) is 0.118. The lowest BCUT2D eigenvalue weighted by molar-refractivity contribution is -0.140. The van der Waals surface area contributed by atoms with Crippen LogP contribution in [0.4, 0.5) is 0 Å². The number of carbonyl (C=O) groups excluding carboxylic acids is 1. The lowest BCUT2D eigenvalue weighted by atomic mass is 10.0. The first-order valence-electron chi connectivity index (χ1n) is 6.14. The Morgan fingerprint density at radius 1 is 1.05 bits per heavy atom. The van der Waals surface area contributed by atoms with E-state index in [9.17, 15) is 4.79 Å². The largest absolute Gasteiger partial charge is 0.457 e. The molecule has 0 heterocycles. The lowest BCUT2D eigenvalue weighted by Gasteiger charge is -2.07. The van der Waals surface area contributed by atoms with Crippen molar-refractivity contribution < 1.29 is 9.53 Å². The van der Waals surface area contributed by atoms with Crippen LogP contribution < -0.4 is 0 Å². The number of rotatable bonds is 4. The molecule has 2 aromatic rings. The predicted molar refractivity (Wildman–Crippen MR) is 76.5 cm³/mol. The van der Waals surface area contributed by atoms with Crippen LogP contribution in [0.15, 0.2) is 66.7 Å². The van der Waals surface area contributed by atoms with Crippen LogP contribution >= 0.6 is 0 Å². The van der Waals surface area contributed by atoms with E-state index < -0.39 is 0 Å². The minimum atomic E-state index is -0.356. The Balaban J connectivity index is 2.12. The Hall–Kier alpha value is -2.35. The third kappa shape index (κ3) is 3.55. The van der Waals surface area contributed by atoms with Gasteiger partial charge in [-0.1, -0.05) is 55.1 Å². The highest BCUT2D eigenvalue weighted by molar-refractivity contribution is 5.86. The average molecular weight is 252 g/mol. The van der Waals surface area contributed by atoms with Crippen LogP contribution in [0.3, 0.4) is 0 Å². The second kappa shape index (κ2) is 6.01. The molecule has 0 saturated heterocycles. The van der Waals surface area contributed by atoms with Crippen molar-refractivity contribution in [2.75, 3.05) is 0 Å². The monoisotopic (exact) mass is 252 g/mol. The molecule has 0 atom stereocenters. The summed E-state index contributed by atoms with van der Waals surface area (Å²) >= 11 is 0. The summed E-state index contributed by atoms with van der Waals surface area (Å²) in [6.07, 6.45) is 0. The van der Waals surface area contributed by atoms with E-state index in [-0.39, 0.29) is 12.6 Å². The van der Waals surface area contributed by atoms with Crippen molar-refractivity contribution >= 4 is 5.97 Å². The molecule has 0 saturated carbocycles. The highest BCUT2D eigenvalue weighted by Gasteiger charge is 2.04. The molecule has 0 bridgehead atoms. The van der Waals surface area contributed by atoms with Gasteiger partial charge >= 0.3 is 5.97 Å². The first kappa shape index (κ1) is 13.1. The van der Waals surface area contributed by atoms with Crippen molar-refractivity contribution in [3.8, 4) is 11.1 Å². The third-order valence-corrected chi connectivity index (χ3v) is 2.75. The fourth-order valence-electron chi connectivity index (χ4n) is 1.74. The topological polar surface area (TPSA) is 26.3 Å². The molecule has 0 unspecified atom stereocenters. The number of carbonyl (C=O) groups is 1. The normalized spacial score (nSPS) is 9.95. The highest BCUT2D eigenvalue weighted by Crippen LogP contribution is 2.20. The first-order chi connectivity index (χ1) is 9.16. The van der Waals surface area contributed by atoms with Gasteiger partial charge in [0.1, 0.15) is 6.61 Å². The van der Waals surface area contributed by atoms with Crippen molar-refractivity contribution in [2.45, 2.75) is 13.5 Å². The van der Waals surface area contributed by atoms with Gasteiger partial charge in [-0.15, -0.1) is 0 Å². The Morgan fingerprint density at radius 2 is 1.74 bits per heavy atom. The molecule has 0 amide bonds.